The Morgan fingerprint density at radius 2 is 1.93 bits per heavy atom. The SMILES string of the molecule is Cn1nnc(-c2ccccc2)c1COc1ncccc1C(=O)NCC(F)(F)F. The quantitative estimate of drug-likeness (QED) is 0.699. The van der Waals surface area contributed by atoms with E-state index in [0.29, 0.717) is 11.4 Å². The van der Waals surface area contributed by atoms with Gasteiger partial charge in [0.05, 0.1) is 0 Å². The molecular weight excluding hydrogens is 375 g/mol. The Morgan fingerprint density at radius 1 is 1.18 bits per heavy atom. The summed E-state index contributed by atoms with van der Waals surface area (Å²) in [6.45, 7) is -1.46. The number of alkyl halides is 3. The van der Waals surface area contributed by atoms with Gasteiger partial charge in [-0.2, -0.15) is 13.2 Å². The van der Waals surface area contributed by atoms with E-state index in [1.165, 1.54) is 23.0 Å². The lowest BCUT2D eigenvalue weighted by molar-refractivity contribution is -0.123. The zero-order chi connectivity index (χ0) is 20.1. The molecule has 1 amide bonds. The standard InChI is InChI=1S/C18H16F3N5O2/c1-26-14(15(24-25-26)12-6-3-2-4-7-12)10-28-17-13(8-5-9-22-17)16(27)23-11-18(19,20)21/h2-9H,10-11H2,1H3,(H,23,27). The predicted molar refractivity (Wildman–Crippen MR) is 93.4 cm³/mol. The highest BCUT2D eigenvalue weighted by atomic mass is 19.4. The van der Waals surface area contributed by atoms with E-state index in [2.05, 4.69) is 15.3 Å². The van der Waals surface area contributed by atoms with Crippen molar-refractivity contribution in [2.75, 3.05) is 6.54 Å². The maximum Gasteiger partial charge on any atom is 0.405 e. The van der Waals surface area contributed by atoms with Gasteiger partial charge in [-0.25, -0.2) is 9.67 Å². The molecule has 28 heavy (non-hydrogen) atoms. The van der Waals surface area contributed by atoms with Crippen molar-refractivity contribution in [3.63, 3.8) is 0 Å². The van der Waals surface area contributed by atoms with Crippen LogP contribution in [0.1, 0.15) is 16.1 Å². The van der Waals surface area contributed by atoms with Gasteiger partial charge in [0.2, 0.25) is 5.88 Å². The molecule has 3 rings (SSSR count). The Morgan fingerprint density at radius 3 is 2.64 bits per heavy atom. The molecule has 1 aromatic carbocycles. The van der Waals surface area contributed by atoms with Crippen molar-refractivity contribution < 1.29 is 22.7 Å². The Labute approximate surface area is 158 Å². The van der Waals surface area contributed by atoms with Crippen LogP contribution in [0, 0.1) is 0 Å². The number of carbonyl (C=O) groups is 1. The zero-order valence-electron chi connectivity index (χ0n) is 14.8. The molecule has 0 aliphatic carbocycles. The maximum atomic E-state index is 12.3. The van der Waals surface area contributed by atoms with Gasteiger partial charge in [-0.1, -0.05) is 35.5 Å². The molecule has 10 heteroatoms. The van der Waals surface area contributed by atoms with Crippen molar-refractivity contribution in [1.29, 1.82) is 0 Å². The number of benzene rings is 1. The smallest absolute Gasteiger partial charge is 0.405 e. The van der Waals surface area contributed by atoms with Crippen LogP contribution < -0.4 is 10.1 Å². The number of hydrogen-bond donors (Lipinski definition) is 1. The maximum absolute atomic E-state index is 12.3. The Kier molecular flexibility index (Phi) is 5.57. The summed E-state index contributed by atoms with van der Waals surface area (Å²) >= 11 is 0. The highest BCUT2D eigenvalue weighted by Crippen LogP contribution is 2.23. The summed E-state index contributed by atoms with van der Waals surface area (Å²) in [4.78, 5) is 16.0. The van der Waals surface area contributed by atoms with E-state index < -0.39 is 18.6 Å². The minimum atomic E-state index is -4.51. The molecule has 0 aliphatic heterocycles. The molecule has 0 saturated carbocycles. The van der Waals surface area contributed by atoms with Gasteiger partial charge in [0.1, 0.15) is 30.1 Å². The third-order valence-electron chi connectivity index (χ3n) is 3.80. The second-order valence-corrected chi connectivity index (χ2v) is 5.82. The third kappa shape index (κ3) is 4.64. The summed E-state index contributed by atoms with van der Waals surface area (Å²) in [6, 6.07) is 12.1. The first kappa shape index (κ1) is 19.3. The summed E-state index contributed by atoms with van der Waals surface area (Å²) in [5.41, 5.74) is 1.96. The van der Waals surface area contributed by atoms with Crippen LogP contribution in [-0.2, 0) is 13.7 Å². The molecule has 0 radical (unpaired) electrons. The monoisotopic (exact) mass is 391 g/mol. The van der Waals surface area contributed by atoms with E-state index in [-0.39, 0.29) is 18.1 Å². The highest BCUT2D eigenvalue weighted by Gasteiger charge is 2.28. The Hall–Kier alpha value is -3.43. The number of nitrogens with one attached hydrogen (secondary N) is 1. The van der Waals surface area contributed by atoms with Crippen LogP contribution in [0.4, 0.5) is 13.2 Å². The summed E-state index contributed by atoms with van der Waals surface area (Å²) in [7, 11) is 1.69. The molecule has 3 aromatic rings. The number of carbonyl (C=O) groups excluding carboxylic acids is 1. The second-order valence-electron chi connectivity index (χ2n) is 5.82. The molecule has 146 valence electrons. The predicted octanol–water partition coefficient (Wildman–Crippen LogP) is 2.75. The summed E-state index contributed by atoms with van der Waals surface area (Å²) < 4.78 is 44.2. The van der Waals surface area contributed by atoms with E-state index in [0.717, 1.165) is 5.56 Å². The average Bonchev–Trinajstić information content (AvgIpc) is 3.05. The number of nitrogens with zero attached hydrogens (tertiary/aromatic N) is 4. The van der Waals surface area contributed by atoms with Gasteiger partial charge in [0, 0.05) is 18.8 Å². The van der Waals surface area contributed by atoms with Crippen LogP contribution in [0.5, 0.6) is 5.88 Å². The van der Waals surface area contributed by atoms with Gasteiger partial charge in [-0.3, -0.25) is 4.79 Å². The van der Waals surface area contributed by atoms with Crippen LogP contribution in [0.25, 0.3) is 11.3 Å². The van der Waals surface area contributed by atoms with Crippen molar-refractivity contribution in [1.82, 2.24) is 25.3 Å². The number of aryl methyl sites for hydroxylation is 1. The summed E-state index contributed by atoms with van der Waals surface area (Å²) in [5, 5.41) is 9.91. The van der Waals surface area contributed by atoms with Crippen LogP contribution >= 0.6 is 0 Å². The van der Waals surface area contributed by atoms with Gasteiger partial charge in [0.15, 0.2) is 0 Å². The number of amides is 1. The molecule has 7 nitrogen and oxygen atoms in total. The lowest BCUT2D eigenvalue weighted by Gasteiger charge is -2.12. The number of rotatable bonds is 6. The van der Waals surface area contributed by atoms with Crippen LogP contribution in [-0.4, -0.2) is 38.6 Å². The van der Waals surface area contributed by atoms with Crippen LogP contribution in [0.3, 0.4) is 0 Å². The normalized spacial score (nSPS) is 11.3. The van der Waals surface area contributed by atoms with Crippen molar-refractivity contribution in [2.45, 2.75) is 12.8 Å². The second kappa shape index (κ2) is 8.07. The molecule has 0 fully saturated rings. The molecule has 0 spiro atoms. The number of hydrogen-bond acceptors (Lipinski definition) is 5. The van der Waals surface area contributed by atoms with E-state index in [4.69, 9.17) is 4.74 Å². The zero-order valence-corrected chi connectivity index (χ0v) is 14.8. The molecule has 2 aromatic heterocycles. The molecule has 0 bridgehead atoms. The van der Waals surface area contributed by atoms with Crippen molar-refractivity contribution in [2.24, 2.45) is 7.05 Å². The van der Waals surface area contributed by atoms with E-state index in [1.807, 2.05) is 35.6 Å². The molecule has 1 N–H and O–H groups in total. The number of aromatic nitrogens is 4. The third-order valence-corrected chi connectivity index (χ3v) is 3.80. The van der Waals surface area contributed by atoms with E-state index >= 15 is 0 Å². The van der Waals surface area contributed by atoms with Crippen molar-refractivity contribution in [3.8, 4) is 17.1 Å². The Balaban J connectivity index is 1.78. The first-order valence-corrected chi connectivity index (χ1v) is 8.22. The van der Waals surface area contributed by atoms with Gasteiger partial charge in [0.25, 0.3) is 5.91 Å². The molecule has 0 saturated heterocycles. The van der Waals surface area contributed by atoms with Crippen LogP contribution in [0.15, 0.2) is 48.7 Å². The summed E-state index contributed by atoms with van der Waals surface area (Å²) in [6.07, 6.45) is -3.13. The fourth-order valence-electron chi connectivity index (χ4n) is 2.45. The minimum absolute atomic E-state index is 0.0235. The fourth-order valence-corrected chi connectivity index (χ4v) is 2.45. The Bertz CT molecular complexity index is 957. The molecule has 0 atom stereocenters. The first-order valence-electron chi connectivity index (χ1n) is 8.22. The largest absolute Gasteiger partial charge is 0.471 e. The van der Waals surface area contributed by atoms with E-state index in [9.17, 15) is 18.0 Å². The van der Waals surface area contributed by atoms with Crippen molar-refractivity contribution in [3.05, 3.63) is 59.9 Å². The number of halogens is 3. The average molecular weight is 391 g/mol. The van der Waals surface area contributed by atoms with Gasteiger partial charge >= 0.3 is 6.18 Å². The molecule has 0 aliphatic rings. The lowest BCUT2D eigenvalue weighted by atomic mass is 10.1. The van der Waals surface area contributed by atoms with Gasteiger partial charge in [-0.05, 0) is 12.1 Å². The summed E-state index contributed by atoms with van der Waals surface area (Å²) in [5.74, 6) is -1.01. The first-order chi connectivity index (χ1) is 13.3. The topological polar surface area (TPSA) is 81.9 Å². The van der Waals surface area contributed by atoms with Crippen molar-refractivity contribution >= 4 is 5.91 Å². The molecule has 0 unspecified atom stereocenters. The van der Waals surface area contributed by atoms with E-state index in [1.54, 1.807) is 7.05 Å². The molecular formula is C18H16F3N5O2. The number of ether oxygens (including phenoxy) is 1. The highest BCUT2D eigenvalue weighted by molar-refractivity contribution is 5.96. The minimum Gasteiger partial charge on any atom is -0.471 e. The van der Waals surface area contributed by atoms with Gasteiger partial charge in [-0.15, -0.1) is 5.10 Å². The lowest BCUT2D eigenvalue weighted by Crippen LogP contribution is -2.34. The van der Waals surface area contributed by atoms with Gasteiger partial charge < -0.3 is 10.1 Å². The molecule has 2 heterocycles. The van der Waals surface area contributed by atoms with Crippen LogP contribution in [0.2, 0.25) is 0 Å². The fraction of sp³-hybridized carbons (Fsp3) is 0.222. The number of pyridine rings is 1.